The van der Waals surface area contributed by atoms with Gasteiger partial charge in [-0.2, -0.15) is 5.26 Å². The Kier molecular flexibility index (Phi) is 4.02. The summed E-state index contributed by atoms with van der Waals surface area (Å²) in [5.74, 6) is -0.688. The summed E-state index contributed by atoms with van der Waals surface area (Å²) in [6.45, 7) is 0. The van der Waals surface area contributed by atoms with Gasteiger partial charge in [-0.25, -0.2) is 4.79 Å². The summed E-state index contributed by atoms with van der Waals surface area (Å²) in [4.78, 5) is 11.5. The first-order valence-corrected chi connectivity index (χ1v) is 6.03. The van der Waals surface area contributed by atoms with E-state index in [1.54, 1.807) is 12.1 Å². The zero-order chi connectivity index (χ0) is 14.5. The molecule has 0 aromatic heterocycles. The molecule has 0 aliphatic carbocycles. The van der Waals surface area contributed by atoms with Crippen molar-refractivity contribution in [3.63, 3.8) is 0 Å². The number of carbonyl (C=O) groups excluding carboxylic acids is 1. The Hall–Kier alpha value is -2.80. The fourth-order valence-electron chi connectivity index (χ4n) is 1.90. The number of phenols is 1. The lowest BCUT2D eigenvalue weighted by Crippen LogP contribution is -2.01. The van der Waals surface area contributed by atoms with Crippen LogP contribution in [0.15, 0.2) is 42.5 Å². The Morgan fingerprint density at radius 3 is 2.45 bits per heavy atom. The number of ether oxygens (including phenoxy) is 1. The minimum Gasteiger partial charge on any atom is -0.507 e. The van der Waals surface area contributed by atoms with E-state index in [2.05, 4.69) is 10.8 Å². The summed E-state index contributed by atoms with van der Waals surface area (Å²) in [5.41, 5.74) is 2.76. The van der Waals surface area contributed by atoms with Gasteiger partial charge in [0, 0.05) is 0 Å². The summed E-state index contributed by atoms with van der Waals surface area (Å²) in [7, 11) is 1.27. The molecule has 2 rings (SSSR count). The topological polar surface area (TPSA) is 70.3 Å². The molecule has 0 fully saturated rings. The highest BCUT2D eigenvalue weighted by Crippen LogP contribution is 2.26. The van der Waals surface area contributed by atoms with Crippen LogP contribution in [0.1, 0.15) is 15.9 Å². The highest BCUT2D eigenvalue weighted by atomic mass is 16.5. The second kappa shape index (κ2) is 5.89. The Bertz CT molecular complexity index is 669. The van der Waals surface area contributed by atoms with Crippen molar-refractivity contribution in [3.05, 3.63) is 53.6 Å². The Morgan fingerprint density at radius 2 is 1.85 bits per heavy atom. The molecule has 0 aliphatic heterocycles. The molecule has 0 saturated carbocycles. The third-order valence-electron chi connectivity index (χ3n) is 2.97. The predicted molar refractivity (Wildman–Crippen MR) is 74.2 cm³/mol. The standard InChI is InChI=1S/C16H13NO3/c1-20-16(19)14-10-13(6-7-15(14)18)12-4-2-11(3-5-12)8-9-17/h2-7,10,18H,8H2,1H3. The summed E-state index contributed by atoms with van der Waals surface area (Å²) < 4.78 is 4.62. The van der Waals surface area contributed by atoms with Gasteiger partial charge in [-0.1, -0.05) is 30.3 Å². The van der Waals surface area contributed by atoms with Crippen molar-refractivity contribution in [2.45, 2.75) is 6.42 Å². The summed E-state index contributed by atoms with van der Waals surface area (Å²) in [6, 6.07) is 14.3. The number of hydrogen-bond donors (Lipinski definition) is 1. The number of aromatic hydroxyl groups is 1. The van der Waals surface area contributed by atoms with Crippen molar-refractivity contribution < 1.29 is 14.6 Å². The SMILES string of the molecule is COC(=O)c1cc(-c2ccc(CC#N)cc2)ccc1O. The zero-order valence-electron chi connectivity index (χ0n) is 11.0. The van der Waals surface area contributed by atoms with Crippen molar-refractivity contribution in [1.29, 1.82) is 5.26 Å². The van der Waals surface area contributed by atoms with Gasteiger partial charge >= 0.3 is 5.97 Å². The molecule has 100 valence electrons. The normalized spacial score (nSPS) is 9.80. The van der Waals surface area contributed by atoms with E-state index in [0.717, 1.165) is 16.7 Å². The maximum Gasteiger partial charge on any atom is 0.341 e. The third kappa shape index (κ3) is 2.78. The molecule has 0 spiro atoms. The van der Waals surface area contributed by atoms with E-state index < -0.39 is 5.97 Å². The summed E-state index contributed by atoms with van der Waals surface area (Å²) >= 11 is 0. The van der Waals surface area contributed by atoms with Crippen LogP contribution in [0.25, 0.3) is 11.1 Å². The molecule has 2 aromatic rings. The molecule has 0 radical (unpaired) electrons. The second-order valence-corrected chi connectivity index (χ2v) is 4.26. The van der Waals surface area contributed by atoms with Gasteiger partial charge in [0.1, 0.15) is 11.3 Å². The molecule has 20 heavy (non-hydrogen) atoms. The molecule has 0 amide bonds. The van der Waals surface area contributed by atoms with Gasteiger partial charge < -0.3 is 9.84 Å². The Morgan fingerprint density at radius 1 is 1.20 bits per heavy atom. The van der Waals surface area contributed by atoms with Gasteiger partial charge in [-0.3, -0.25) is 0 Å². The van der Waals surface area contributed by atoms with Gasteiger partial charge in [0.2, 0.25) is 0 Å². The van der Waals surface area contributed by atoms with Gasteiger partial charge in [0.15, 0.2) is 0 Å². The van der Waals surface area contributed by atoms with Crippen LogP contribution >= 0.6 is 0 Å². The van der Waals surface area contributed by atoms with Crippen LogP contribution in [0.3, 0.4) is 0 Å². The fourth-order valence-corrected chi connectivity index (χ4v) is 1.90. The smallest absolute Gasteiger partial charge is 0.341 e. The molecule has 0 aliphatic rings. The highest BCUT2D eigenvalue weighted by molar-refractivity contribution is 5.94. The van der Waals surface area contributed by atoms with Crippen molar-refractivity contribution in [1.82, 2.24) is 0 Å². The first-order chi connectivity index (χ1) is 9.65. The van der Waals surface area contributed by atoms with E-state index in [9.17, 15) is 9.90 Å². The number of carbonyl (C=O) groups is 1. The van der Waals surface area contributed by atoms with Crippen molar-refractivity contribution in [2.75, 3.05) is 7.11 Å². The summed E-state index contributed by atoms with van der Waals surface area (Å²) in [5, 5.41) is 18.3. The van der Waals surface area contributed by atoms with E-state index in [1.165, 1.54) is 13.2 Å². The summed E-state index contributed by atoms with van der Waals surface area (Å²) in [6.07, 6.45) is 0.364. The van der Waals surface area contributed by atoms with Gasteiger partial charge in [0.25, 0.3) is 0 Å². The lowest BCUT2D eigenvalue weighted by Gasteiger charge is -2.07. The Balaban J connectivity index is 2.38. The third-order valence-corrected chi connectivity index (χ3v) is 2.97. The second-order valence-electron chi connectivity index (χ2n) is 4.26. The molecule has 4 heteroatoms. The Labute approximate surface area is 116 Å². The van der Waals surface area contributed by atoms with E-state index in [0.29, 0.717) is 6.42 Å². The number of phenolic OH excluding ortho intramolecular Hbond substituents is 1. The monoisotopic (exact) mass is 267 g/mol. The minimum absolute atomic E-state index is 0.110. The maximum absolute atomic E-state index is 11.5. The molecule has 0 saturated heterocycles. The lowest BCUT2D eigenvalue weighted by molar-refractivity contribution is 0.0597. The minimum atomic E-state index is -0.578. The first-order valence-electron chi connectivity index (χ1n) is 6.03. The van der Waals surface area contributed by atoms with Gasteiger partial charge in [-0.05, 0) is 28.8 Å². The number of hydrogen-bond acceptors (Lipinski definition) is 4. The number of methoxy groups -OCH3 is 1. The molecule has 0 heterocycles. The quantitative estimate of drug-likeness (QED) is 0.868. The van der Waals surface area contributed by atoms with Gasteiger partial charge in [-0.15, -0.1) is 0 Å². The number of rotatable bonds is 3. The number of nitrogens with zero attached hydrogens (tertiary/aromatic N) is 1. The molecule has 1 N–H and O–H groups in total. The molecule has 0 bridgehead atoms. The fraction of sp³-hybridized carbons (Fsp3) is 0.125. The average Bonchev–Trinajstić information content (AvgIpc) is 2.48. The van der Waals surface area contributed by atoms with Crippen LogP contribution in [0.2, 0.25) is 0 Å². The molecule has 4 nitrogen and oxygen atoms in total. The van der Waals surface area contributed by atoms with Crippen LogP contribution in [-0.2, 0) is 11.2 Å². The molecule has 0 unspecified atom stereocenters. The number of esters is 1. The molecular weight excluding hydrogens is 254 g/mol. The van der Waals surface area contributed by atoms with Crippen LogP contribution in [0, 0.1) is 11.3 Å². The largest absolute Gasteiger partial charge is 0.507 e. The number of benzene rings is 2. The van der Waals surface area contributed by atoms with Crippen molar-refractivity contribution >= 4 is 5.97 Å². The van der Waals surface area contributed by atoms with Crippen molar-refractivity contribution in [2.24, 2.45) is 0 Å². The average molecular weight is 267 g/mol. The van der Waals surface area contributed by atoms with Crippen LogP contribution in [-0.4, -0.2) is 18.2 Å². The zero-order valence-corrected chi connectivity index (χ0v) is 11.0. The van der Waals surface area contributed by atoms with E-state index >= 15 is 0 Å². The van der Waals surface area contributed by atoms with Gasteiger partial charge in [0.05, 0.1) is 19.6 Å². The molecule has 2 aromatic carbocycles. The van der Waals surface area contributed by atoms with Crippen molar-refractivity contribution in [3.8, 4) is 22.9 Å². The molecule has 0 atom stereocenters. The predicted octanol–water partition coefficient (Wildman–Crippen LogP) is 2.91. The highest BCUT2D eigenvalue weighted by Gasteiger charge is 2.12. The van der Waals surface area contributed by atoms with Crippen LogP contribution in [0.5, 0.6) is 5.75 Å². The van der Waals surface area contributed by atoms with E-state index in [4.69, 9.17) is 5.26 Å². The first kappa shape index (κ1) is 13.6. The lowest BCUT2D eigenvalue weighted by atomic mass is 10.0. The van der Waals surface area contributed by atoms with E-state index in [-0.39, 0.29) is 11.3 Å². The van der Waals surface area contributed by atoms with Crippen LogP contribution in [0.4, 0.5) is 0 Å². The van der Waals surface area contributed by atoms with Crippen LogP contribution < -0.4 is 0 Å². The number of nitriles is 1. The van der Waals surface area contributed by atoms with E-state index in [1.807, 2.05) is 24.3 Å². The molecular formula is C16H13NO3. The maximum atomic E-state index is 11.5.